The van der Waals surface area contributed by atoms with Gasteiger partial charge in [0.1, 0.15) is 11.5 Å². The smallest absolute Gasteiger partial charge is 0.454 e. The van der Waals surface area contributed by atoms with Crippen molar-refractivity contribution >= 4 is 11.5 Å². The number of fused-ring (bicyclic) bond motifs is 1. The zero-order chi connectivity index (χ0) is 17.3. The van der Waals surface area contributed by atoms with Crippen LogP contribution < -0.4 is 4.74 Å². The van der Waals surface area contributed by atoms with Crippen molar-refractivity contribution in [3.05, 3.63) is 71.3 Å². The van der Waals surface area contributed by atoms with E-state index in [2.05, 4.69) is 0 Å². The van der Waals surface area contributed by atoms with Gasteiger partial charge in [-0.1, -0.05) is 42.5 Å². The van der Waals surface area contributed by atoms with Crippen LogP contribution in [0.25, 0.3) is 5.76 Å². The largest absolute Gasteiger partial charge is 0.495 e. The summed E-state index contributed by atoms with van der Waals surface area (Å²) in [6.45, 7) is 0. The third kappa shape index (κ3) is 2.75. The standard InChI is InChI=1S/C18H13F3O3/c1-23-16-12-9-5-6-10-13(12)24-15(11-7-3-2-4-8-11)14(16)17(22)18(19,20)21/h2-10,15H,1H3. The summed E-state index contributed by atoms with van der Waals surface area (Å²) in [5, 5.41) is 0. The summed E-state index contributed by atoms with van der Waals surface area (Å²) < 4.78 is 50.2. The van der Waals surface area contributed by atoms with Gasteiger partial charge in [0.25, 0.3) is 5.78 Å². The van der Waals surface area contributed by atoms with Gasteiger partial charge < -0.3 is 9.47 Å². The number of halogens is 3. The van der Waals surface area contributed by atoms with Crippen LogP contribution in [-0.2, 0) is 9.53 Å². The number of benzene rings is 2. The Balaban J connectivity index is 2.25. The highest BCUT2D eigenvalue weighted by atomic mass is 19.4. The summed E-state index contributed by atoms with van der Waals surface area (Å²) in [5.74, 6) is -1.72. The number of carbonyl (C=O) groups is 1. The van der Waals surface area contributed by atoms with Gasteiger partial charge in [-0.2, -0.15) is 13.2 Å². The maximum absolute atomic E-state index is 13.1. The number of alkyl halides is 3. The molecule has 0 spiro atoms. The fourth-order valence-electron chi connectivity index (χ4n) is 2.66. The van der Waals surface area contributed by atoms with Crippen molar-refractivity contribution < 1.29 is 27.4 Å². The van der Waals surface area contributed by atoms with Crippen molar-refractivity contribution in [1.29, 1.82) is 0 Å². The summed E-state index contributed by atoms with van der Waals surface area (Å²) in [6.07, 6.45) is -6.22. The van der Waals surface area contributed by atoms with Crippen LogP contribution in [0.5, 0.6) is 5.75 Å². The topological polar surface area (TPSA) is 35.5 Å². The highest BCUT2D eigenvalue weighted by Crippen LogP contribution is 2.44. The van der Waals surface area contributed by atoms with E-state index < -0.39 is 23.6 Å². The lowest BCUT2D eigenvalue weighted by Gasteiger charge is -2.30. The van der Waals surface area contributed by atoms with E-state index in [1.807, 2.05) is 0 Å². The maximum atomic E-state index is 13.1. The van der Waals surface area contributed by atoms with Crippen LogP contribution in [0.1, 0.15) is 17.2 Å². The number of hydrogen-bond acceptors (Lipinski definition) is 3. The van der Waals surface area contributed by atoms with Crippen LogP contribution in [0.3, 0.4) is 0 Å². The van der Waals surface area contributed by atoms with Crippen molar-refractivity contribution in [2.24, 2.45) is 0 Å². The molecule has 0 amide bonds. The van der Waals surface area contributed by atoms with Crippen LogP contribution in [-0.4, -0.2) is 19.1 Å². The van der Waals surface area contributed by atoms with E-state index in [1.165, 1.54) is 7.11 Å². The Hall–Kier alpha value is -2.76. The first-order valence-electron chi connectivity index (χ1n) is 7.14. The molecule has 3 rings (SSSR count). The maximum Gasteiger partial charge on any atom is 0.454 e. The normalized spacial score (nSPS) is 17.1. The predicted octanol–water partition coefficient (Wildman–Crippen LogP) is 4.31. The molecule has 0 fully saturated rings. The monoisotopic (exact) mass is 334 g/mol. The lowest BCUT2D eigenvalue weighted by atomic mass is 9.91. The molecule has 0 bridgehead atoms. The number of rotatable bonds is 3. The molecular weight excluding hydrogens is 321 g/mol. The van der Waals surface area contributed by atoms with Crippen LogP contribution >= 0.6 is 0 Å². The summed E-state index contributed by atoms with van der Waals surface area (Å²) in [4.78, 5) is 12.0. The highest BCUT2D eigenvalue weighted by molar-refractivity contribution is 6.07. The highest BCUT2D eigenvalue weighted by Gasteiger charge is 2.47. The molecule has 0 saturated heterocycles. The first kappa shape index (κ1) is 16.1. The number of ketones is 1. The van der Waals surface area contributed by atoms with Gasteiger partial charge in [0, 0.05) is 0 Å². The molecule has 0 aromatic heterocycles. The molecule has 1 aliphatic rings. The lowest BCUT2D eigenvalue weighted by Crippen LogP contribution is -2.32. The molecule has 0 saturated carbocycles. The van der Waals surface area contributed by atoms with Gasteiger partial charge in [-0.15, -0.1) is 0 Å². The van der Waals surface area contributed by atoms with Crippen molar-refractivity contribution in [1.82, 2.24) is 0 Å². The summed E-state index contributed by atoms with van der Waals surface area (Å²) in [6, 6.07) is 14.8. The SMILES string of the molecule is COC1=C(C(=O)C(F)(F)F)C(c2ccccc2)Oc2ccccc21. The van der Waals surface area contributed by atoms with Gasteiger partial charge >= 0.3 is 6.18 Å². The molecule has 24 heavy (non-hydrogen) atoms. The lowest BCUT2D eigenvalue weighted by molar-refractivity contribution is -0.167. The zero-order valence-corrected chi connectivity index (χ0v) is 12.6. The van der Waals surface area contributed by atoms with E-state index in [0.29, 0.717) is 16.9 Å². The quantitative estimate of drug-likeness (QED) is 0.839. The van der Waals surface area contributed by atoms with Gasteiger partial charge in [0.05, 0.1) is 18.2 Å². The third-order valence-corrected chi connectivity index (χ3v) is 3.69. The second-order valence-electron chi connectivity index (χ2n) is 5.18. The Kier molecular flexibility index (Phi) is 4.05. The fraction of sp³-hybridized carbons (Fsp3) is 0.167. The average Bonchev–Trinajstić information content (AvgIpc) is 2.59. The van der Waals surface area contributed by atoms with Gasteiger partial charge in [-0.25, -0.2) is 0 Å². The van der Waals surface area contributed by atoms with E-state index in [9.17, 15) is 18.0 Å². The minimum Gasteiger partial charge on any atom is -0.495 e. The Bertz CT molecular complexity index is 795. The fourth-order valence-corrected chi connectivity index (χ4v) is 2.66. The molecule has 0 radical (unpaired) electrons. The number of carbonyl (C=O) groups excluding carboxylic acids is 1. The molecule has 2 aromatic rings. The molecule has 1 unspecified atom stereocenters. The molecular formula is C18H13F3O3. The number of Topliss-reactive ketones (excluding diaryl/α,β-unsaturated/α-hetero) is 1. The molecule has 1 atom stereocenters. The molecule has 3 nitrogen and oxygen atoms in total. The molecule has 0 N–H and O–H groups in total. The molecule has 2 aromatic carbocycles. The van der Waals surface area contributed by atoms with Gasteiger partial charge in [-0.3, -0.25) is 4.79 Å². The second-order valence-corrected chi connectivity index (χ2v) is 5.18. The summed E-state index contributed by atoms with van der Waals surface area (Å²) in [5.41, 5.74) is 0.212. The Morgan fingerprint density at radius 1 is 1.04 bits per heavy atom. The van der Waals surface area contributed by atoms with E-state index in [-0.39, 0.29) is 5.76 Å². The number of methoxy groups -OCH3 is 1. The third-order valence-electron chi connectivity index (χ3n) is 3.69. The number of ether oxygens (including phenoxy) is 2. The first-order valence-corrected chi connectivity index (χ1v) is 7.14. The van der Waals surface area contributed by atoms with Crippen LogP contribution in [0.4, 0.5) is 13.2 Å². The summed E-state index contributed by atoms with van der Waals surface area (Å²) in [7, 11) is 1.24. The molecule has 1 aliphatic heterocycles. The molecule has 0 aliphatic carbocycles. The van der Waals surface area contributed by atoms with Gasteiger partial charge in [0.2, 0.25) is 0 Å². The van der Waals surface area contributed by atoms with Crippen LogP contribution in [0, 0.1) is 0 Å². The zero-order valence-electron chi connectivity index (χ0n) is 12.6. The Morgan fingerprint density at radius 3 is 2.29 bits per heavy atom. The predicted molar refractivity (Wildman–Crippen MR) is 81.2 cm³/mol. The van der Waals surface area contributed by atoms with Crippen molar-refractivity contribution in [3.8, 4) is 5.75 Å². The number of para-hydroxylation sites is 1. The van der Waals surface area contributed by atoms with Gasteiger partial charge in [0.15, 0.2) is 6.10 Å². The van der Waals surface area contributed by atoms with E-state index in [0.717, 1.165) is 0 Å². The Labute approximate surface area is 136 Å². The second kappa shape index (κ2) is 6.03. The minimum atomic E-state index is -5.03. The first-order chi connectivity index (χ1) is 11.4. The minimum absolute atomic E-state index is 0.118. The van der Waals surface area contributed by atoms with E-state index in [4.69, 9.17) is 9.47 Å². The summed E-state index contributed by atoms with van der Waals surface area (Å²) >= 11 is 0. The number of hydrogen-bond donors (Lipinski definition) is 0. The van der Waals surface area contributed by atoms with Gasteiger partial charge in [-0.05, 0) is 17.7 Å². The molecule has 6 heteroatoms. The molecule has 124 valence electrons. The van der Waals surface area contributed by atoms with Crippen LogP contribution in [0.15, 0.2) is 60.2 Å². The average molecular weight is 334 g/mol. The van der Waals surface area contributed by atoms with Crippen molar-refractivity contribution in [2.45, 2.75) is 12.3 Å². The Morgan fingerprint density at radius 2 is 1.67 bits per heavy atom. The molecule has 1 heterocycles. The van der Waals surface area contributed by atoms with Crippen molar-refractivity contribution in [2.75, 3.05) is 7.11 Å². The van der Waals surface area contributed by atoms with Crippen molar-refractivity contribution in [3.63, 3.8) is 0 Å². The van der Waals surface area contributed by atoms with E-state index in [1.54, 1.807) is 54.6 Å². The van der Waals surface area contributed by atoms with Crippen LogP contribution in [0.2, 0.25) is 0 Å². The van der Waals surface area contributed by atoms with E-state index >= 15 is 0 Å².